The molecule has 1 saturated heterocycles. The summed E-state index contributed by atoms with van der Waals surface area (Å²) in [6, 6.07) is 0. The van der Waals surface area contributed by atoms with E-state index < -0.39 is 0 Å². The minimum absolute atomic E-state index is 0.0473. The number of carbonyl (C=O) groups is 1. The molecule has 1 rings (SSSR count). The second-order valence-electron chi connectivity index (χ2n) is 3.28. The van der Waals surface area contributed by atoms with Crippen LogP contribution in [-0.4, -0.2) is 18.9 Å². The molecule has 12 heavy (non-hydrogen) atoms. The number of rotatable bonds is 2. The van der Waals surface area contributed by atoms with Gasteiger partial charge in [0.1, 0.15) is 0 Å². The molecule has 3 nitrogen and oxygen atoms in total. The molecule has 3 heteroatoms. The Morgan fingerprint density at radius 3 is 2.58 bits per heavy atom. The predicted molar refractivity (Wildman–Crippen MR) is 48.5 cm³/mol. The van der Waals surface area contributed by atoms with Crippen LogP contribution in [0.15, 0.2) is 11.8 Å². The van der Waals surface area contributed by atoms with Crippen LogP contribution in [0.25, 0.3) is 0 Å². The van der Waals surface area contributed by atoms with Gasteiger partial charge in [0.15, 0.2) is 5.78 Å². The Bertz CT molecular complexity index is 193. The van der Waals surface area contributed by atoms with Crippen molar-refractivity contribution >= 4 is 5.78 Å². The van der Waals surface area contributed by atoms with E-state index in [0.717, 1.165) is 31.6 Å². The SMILES string of the molecule is CC(=O)/C=C(\N)C1CCNCC1. The zero-order valence-corrected chi connectivity index (χ0v) is 7.47. The predicted octanol–water partition coefficient (Wildman–Crippen LogP) is 0.418. The van der Waals surface area contributed by atoms with Crippen LogP contribution in [0.1, 0.15) is 19.8 Å². The lowest BCUT2D eigenvalue weighted by atomic mass is 9.94. The highest BCUT2D eigenvalue weighted by Crippen LogP contribution is 2.17. The minimum Gasteiger partial charge on any atom is -0.402 e. The Morgan fingerprint density at radius 2 is 2.08 bits per heavy atom. The van der Waals surface area contributed by atoms with E-state index in [2.05, 4.69) is 5.32 Å². The highest BCUT2D eigenvalue weighted by Gasteiger charge is 2.15. The van der Waals surface area contributed by atoms with Crippen molar-refractivity contribution in [2.24, 2.45) is 11.7 Å². The maximum atomic E-state index is 10.7. The molecule has 0 amide bonds. The number of nitrogens with two attached hydrogens (primary N) is 1. The lowest BCUT2D eigenvalue weighted by Gasteiger charge is -2.22. The lowest BCUT2D eigenvalue weighted by molar-refractivity contribution is -0.112. The van der Waals surface area contributed by atoms with Gasteiger partial charge in [-0.3, -0.25) is 4.79 Å². The standard InChI is InChI=1S/C9H16N2O/c1-7(12)6-9(10)8-2-4-11-5-3-8/h6,8,11H,2-5,10H2,1H3/b9-6-. The number of hydrogen-bond donors (Lipinski definition) is 2. The van der Waals surface area contributed by atoms with Crippen LogP contribution >= 0.6 is 0 Å². The van der Waals surface area contributed by atoms with Crippen LogP contribution < -0.4 is 11.1 Å². The number of nitrogens with one attached hydrogen (secondary N) is 1. The van der Waals surface area contributed by atoms with E-state index in [1.807, 2.05) is 0 Å². The van der Waals surface area contributed by atoms with Gasteiger partial charge in [0.2, 0.25) is 0 Å². The van der Waals surface area contributed by atoms with E-state index in [1.54, 1.807) is 6.08 Å². The van der Waals surface area contributed by atoms with Crippen molar-refractivity contribution in [3.8, 4) is 0 Å². The molecule has 68 valence electrons. The van der Waals surface area contributed by atoms with Gasteiger partial charge in [-0.1, -0.05) is 0 Å². The van der Waals surface area contributed by atoms with Crippen LogP contribution in [0.5, 0.6) is 0 Å². The van der Waals surface area contributed by atoms with Gasteiger partial charge < -0.3 is 11.1 Å². The topological polar surface area (TPSA) is 55.1 Å². The highest BCUT2D eigenvalue weighted by atomic mass is 16.1. The van der Waals surface area contributed by atoms with Gasteiger partial charge in [-0.2, -0.15) is 0 Å². The van der Waals surface area contributed by atoms with Crippen molar-refractivity contribution in [1.82, 2.24) is 5.32 Å². The number of allylic oxidation sites excluding steroid dienone is 2. The zero-order chi connectivity index (χ0) is 8.97. The van der Waals surface area contributed by atoms with Crippen molar-refractivity contribution in [1.29, 1.82) is 0 Å². The van der Waals surface area contributed by atoms with Crippen LogP contribution in [-0.2, 0) is 4.79 Å². The Hall–Kier alpha value is -0.830. The average molecular weight is 168 g/mol. The smallest absolute Gasteiger partial charge is 0.154 e. The fourth-order valence-electron chi connectivity index (χ4n) is 1.51. The minimum atomic E-state index is 0.0473. The van der Waals surface area contributed by atoms with E-state index in [-0.39, 0.29) is 5.78 Å². The quantitative estimate of drug-likeness (QED) is 0.587. The van der Waals surface area contributed by atoms with Crippen molar-refractivity contribution < 1.29 is 4.79 Å². The van der Waals surface area contributed by atoms with Crippen LogP contribution in [0.4, 0.5) is 0 Å². The molecule has 1 aliphatic heterocycles. The highest BCUT2D eigenvalue weighted by molar-refractivity contribution is 5.87. The maximum absolute atomic E-state index is 10.7. The van der Waals surface area contributed by atoms with Gasteiger partial charge in [0.05, 0.1) is 0 Å². The fourth-order valence-corrected chi connectivity index (χ4v) is 1.51. The second-order valence-corrected chi connectivity index (χ2v) is 3.28. The van der Waals surface area contributed by atoms with E-state index in [0.29, 0.717) is 5.92 Å². The van der Waals surface area contributed by atoms with E-state index >= 15 is 0 Å². The Morgan fingerprint density at radius 1 is 1.50 bits per heavy atom. The first-order valence-corrected chi connectivity index (χ1v) is 4.38. The first kappa shape index (κ1) is 9.26. The Balaban J connectivity index is 2.49. The molecule has 1 heterocycles. The van der Waals surface area contributed by atoms with Crippen molar-refractivity contribution in [3.05, 3.63) is 11.8 Å². The largest absolute Gasteiger partial charge is 0.402 e. The molecule has 3 N–H and O–H groups in total. The summed E-state index contributed by atoms with van der Waals surface area (Å²) in [7, 11) is 0. The van der Waals surface area contributed by atoms with E-state index in [1.165, 1.54) is 6.92 Å². The number of carbonyl (C=O) groups excluding carboxylic acids is 1. The van der Waals surface area contributed by atoms with Crippen molar-refractivity contribution in [2.45, 2.75) is 19.8 Å². The Kier molecular flexibility index (Phi) is 3.29. The monoisotopic (exact) mass is 168 g/mol. The maximum Gasteiger partial charge on any atom is 0.154 e. The number of piperidine rings is 1. The summed E-state index contributed by atoms with van der Waals surface area (Å²) in [5, 5.41) is 3.26. The zero-order valence-electron chi connectivity index (χ0n) is 7.47. The third-order valence-corrected chi connectivity index (χ3v) is 2.18. The molecule has 0 unspecified atom stereocenters. The molecule has 0 aliphatic carbocycles. The van der Waals surface area contributed by atoms with Crippen molar-refractivity contribution in [2.75, 3.05) is 13.1 Å². The van der Waals surface area contributed by atoms with E-state index in [4.69, 9.17) is 5.73 Å². The third-order valence-electron chi connectivity index (χ3n) is 2.18. The summed E-state index contributed by atoms with van der Waals surface area (Å²) in [4.78, 5) is 10.7. The number of hydrogen-bond acceptors (Lipinski definition) is 3. The van der Waals surface area contributed by atoms with Crippen LogP contribution in [0.2, 0.25) is 0 Å². The van der Waals surface area contributed by atoms with Gasteiger partial charge in [-0.15, -0.1) is 0 Å². The summed E-state index contributed by atoms with van der Waals surface area (Å²) in [6.45, 7) is 3.56. The summed E-state index contributed by atoms with van der Waals surface area (Å²) in [6.07, 6.45) is 3.65. The second kappa shape index (κ2) is 4.26. The van der Waals surface area contributed by atoms with Gasteiger partial charge in [-0.05, 0) is 38.9 Å². The molecule has 0 bridgehead atoms. The van der Waals surface area contributed by atoms with Gasteiger partial charge in [-0.25, -0.2) is 0 Å². The number of ketones is 1. The average Bonchev–Trinajstić information content (AvgIpc) is 2.05. The fraction of sp³-hybridized carbons (Fsp3) is 0.667. The lowest BCUT2D eigenvalue weighted by Crippen LogP contribution is -2.30. The molecule has 0 aromatic heterocycles. The molecule has 1 fully saturated rings. The van der Waals surface area contributed by atoms with Crippen LogP contribution in [0, 0.1) is 5.92 Å². The van der Waals surface area contributed by atoms with E-state index in [9.17, 15) is 4.79 Å². The summed E-state index contributed by atoms with van der Waals surface area (Å²) in [5.41, 5.74) is 6.52. The molecular formula is C9H16N2O. The molecule has 1 aliphatic rings. The normalized spacial score (nSPS) is 20.9. The molecule has 0 aromatic rings. The summed E-state index contributed by atoms with van der Waals surface area (Å²) in [5.74, 6) is 0.459. The first-order chi connectivity index (χ1) is 5.70. The molecular weight excluding hydrogens is 152 g/mol. The van der Waals surface area contributed by atoms with Gasteiger partial charge in [0.25, 0.3) is 0 Å². The summed E-state index contributed by atoms with van der Waals surface area (Å²) < 4.78 is 0. The molecule has 0 radical (unpaired) electrons. The molecule has 0 atom stereocenters. The Labute approximate surface area is 73.0 Å². The first-order valence-electron chi connectivity index (χ1n) is 4.38. The van der Waals surface area contributed by atoms with Crippen LogP contribution in [0.3, 0.4) is 0 Å². The third kappa shape index (κ3) is 2.66. The summed E-state index contributed by atoms with van der Waals surface area (Å²) >= 11 is 0. The van der Waals surface area contributed by atoms with Gasteiger partial charge in [0, 0.05) is 11.6 Å². The van der Waals surface area contributed by atoms with Gasteiger partial charge >= 0.3 is 0 Å². The van der Waals surface area contributed by atoms with Crippen molar-refractivity contribution in [3.63, 3.8) is 0 Å². The molecule has 0 aromatic carbocycles. The molecule has 0 saturated carbocycles. The molecule has 0 spiro atoms.